The smallest absolute Gasteiger partial charge is 0.276 e. The van der Waals surface area contributed by atoms with Crippen molar-refractivity contribution in [2.24, 2.45) is 0 Å². The van der Waals surface area contributed by atoms with Crippen molar-refractivity contribution < 1.29 is 23.8 Å². The zero-order chi connectivity index (χ0) is 23.4. The fourth-order valence-corrected chi connectivity index (χ4v) is 3.65. The summed E-state index contributed by atoms with van der Waals surface area (Å²) in [4.78, 5) is 26.0. The van der Waals surface area contributed by atoms with Gasteiger partial charge in [0.25, 0.3) is 11.8 Å². The highest BCUT2D eigenvalue weighted by molar-refractivity contribution is 6.02. The van der Waals surface area contributed by atoms with E-state index < -0.39 is 12.1 Å². The number of nitrogens with one attached hydrogen (secondary N) is 2. The lowest BCUT2D eigenvalue weighted by atomic mass is 10.0. The zero-order valence-corrected chi connectivity index (χ0v) is 18.6. The van der Waals surface area contributed by atoms with Crippen LogP contribution in [-0.2, 0) is 4.79 Å². The lowest BCUT2D eigenvalue weighted by Gasteiger charge is -2.37. The number of fused-ring (bicyclic) bond motifs is 1. The Balaban J connectivity index is 1.60. The van der Waals surface area contributed by atoms with Crippen molar-refractivity contribution in [1.82, 2.24) is 10.4 Å². The van der Waals surface area contributed by atoms with E-state index in [2.05, 4.69) is 10.7 Å². The quantitative estimate of drug-likeness (QED) is 0.574. The van der Waals surface area contributed by atoms with Gasteiger partial charge in [0.2, 0.25) is 0 Å². The predicted octanol–water partition coefficient (Wildman–Crippen LogP) is 3.69. The second kappa shape index (κ2) is 9.52. The van der Waals surface area contributed by atoms with Gasteiger partial charge in [-0.25, -0.2) is 5.01 Å². The Morgan fingerprint density at radius 1 is 1.00 bits per heavy atom. The number of methoxy groups -OCH3 is 2. The molecular weight excluding hydrogens is 422 g/mol. The molecule has 8 heteroatoms. The molecule has 0 bridgehead atoms. The molecule has 170 valence electrons. The summed E-state index contributed by atoms with van der Waals surface area (Å²) in [5.74, 6) is 0.850. The van der Waals surface area contributed by atoms with Gasteiger partial charge in [0, 0.05) is 11.3 Å². The molecule has 1 atom stereocenters. The molecule has 33 heavy (non-hydrogen) atoms. The lowest BCUT2D eigenvalue weighted by molar-refractivity contribution is -0.127. The van der Waals surface area contributed by atoms with E-state index in [9.17, 15) is 9.59 Å². The normalized spacial score (nSPS) is 14.7. The average Bonchev–Trinajstić information content (AvgIpc) is 2.84. The largest absolute Gasteiger partial charge is 0.493 e. The fourth-order valence-electron chi connectivity index (χ4n) is 3.65. The Kier molecular flexibility index (Phi) is 6.35. The number of ether oxygens (including phenoxy) is 3. The van der Waals surface area contributed by atoms with Crippen molar-refractivity contribution >= 4 is 17.5 Å². The SMILES string of the molecule is COc1ccc(C2Nc3ccccc3C(=O)N2NC(=O)COc2cccc(C)c2)cc1OC. The second-order valence-electron chi connectivity index (χ2n) is 7.52. The number of rotatable bonds is 7. The molecule has 2 amide bonds. The van der Waals surface area contributed by atoms with Gasteiger partial charge in [0.15, 0.2) is 18.1 Å². The minimum absolute atomic E-state index is 0.243. The zero-order valence-electron chi connectivity index (χ0n) is 18.6. The summed E-state index contributed by atoms with van der Waals surface area (Å²) in [6.07, 6.45) is -0.671. The topological polar surface area (TPSA) is 89.1 Å². The van der Waals surface area contributed by atoms with Gasteiger partial charge in [-0.15, -0.1) is 0 Å². The lowest BCUT2D eigenvalue weighted by Crippen LogP contribution is -2.53. The highest BCUT2D eigenvalue weighted by Crippen LogP contribution is 2.36. The van der Waals surface area contributed by atoms with Crippen LogP contribution < -0.4 is 25.0 Å². The molecule has 3 aromatic rings. The van der Waals surface area contributed by atoms with Crippen LogP contribution in [0.4, 0.5) is 5.69 Å². The first-order chi connectivity index (χ1) is 16.0. The molecular formula is C25H25N3O5. The molecule has 0 aromatic heterocycles. The molecule has 1 aliphatic rings. The van der Waals surface area contributed by atoms with E-state index in [1.54, 1.807) is 44.6 Å². The van der Waals surface area contributed by atoms with Crippen molar-refractivity contribution in [1.29, 1.82) is 0 Å². The van der Waals surface area contributed by atoms with Crippen LogP contribution in [0.2, 0.25) is 0 Å². The van der Waals surface area contributed by atoms with E-state index in [0.717, 1.165) is 5.56 Å². The van der Waals surface area contributed by atoms with Gasteiger partial charge in [-0.3, -0.25) is 15.0 Å². The van der Waals surface area contributed by atoms with Crippen LogP contribution in [-0.4, -0.2) is 37.6 Å². The van der Waals surface area contributed by atoms with Gasteiger partial charge in [-0.1, -0.05) is 30.3 Å². The standard InChI is InChI=1S/C25H25N3O5/c1-16-7-6-8-18(13-16)33-15-23(29)27-28-24(17-11-12-21(31-2)22(14-17)32-3)26-20-10-5-4-9-19(20)25(28)30/h4-14,24,26H,15H2,1-3H3,(H,27,29). The summed E-state index contributed by atoms with van der Waals surface area (Å²) in [6, 6.07) is 19.9. The molecule has 0 spiro atoms. The summed E-state index contributed by atoms with van der Waals surface area (Å²) >= 11 is 0. The van der Waals surface area contributed by atoms with Crippen molar-refractivity contribution in [3.8, 4) is 17.2 Å². The summed E-state index contributed by atoms with van der Waals surface area (Å²) in [5.41, 5.74) is 5.54. The van der Waals surface area contributed by atoms with E-state index in [1.807, 2.05) is 43.3 Å². The number of carbonyl (C=O) groups excluding carboxylic acids is 2. The Labute approximate surface area is 192 Å². The van der Waals surface area contributed by atoms with Crippen LogP contribution in [0.15, 0.2) is 66.7 Å². The molecule has 8 nitrogen and oxygen atoms in total. The van der Waals surface area contributed by atoms with Crippen molar-refractivity contribution in [3.05, 3.63) is 83.4 Å². The molecule has 0 saturated heterocycles. The third-order valence-electron chi connectivity index (χ3n) is 5.25. The summed E-state index contributed by atoms with van der Waals surface area (Å²) in [6.45, 7) is 1.70. The summed E-state index contributed by atoms with van der Waals surface area (Å²) in [5, 5.41) is 4.59. The molecule has 4 rings (SSSR count). The number of para-hydroxylation sites is 1. The van der Waals surface area contributed by atoms with Gasteiger partial charge in [-0.2, -0.15) is 0 Å². The van der Waals surface area contributed by atoms with Gasteiger partial charge < -0.3 is 19.5 Å². The van der Waals surface area contributed by atoms with Gasteiger partial charge in [-0.05, 0) is 48.9 Å². The highest BCUT2D eigenvalue weighted by Gasteiger charge is 2.34. The fraction of sp³-hybridized carbons (Fsp3) is 0.200. The number of benzene rings is 3. The molecule has 1 heterocycles. The van der Waals surface area contributed by atoms with E-state index in [1.165, 1.54) is 5.01 Å². The third-order valence-corrected chi connectivity index (χ3v) is 5.25. The van der Waals surface area contributed by atoms with Gasteiger partial charge in [0.1, 0.15) is 11.9 Å². The Morgan fingerprint density at radius 2 is 1.79 bits per heavy atom. The van der Waals surface area contributed by atoms with E-state index >= 15 is 0 Å². The average molecular weight is 447 g/mol. The predicted molar refractivity (Wildman–Crippen MR) is 123 cm³/mol. The molecule has 0 aliphatic carbocycles. The first kappa shape index (κ1) is 22.0. The van der Waals surface area contributed by atoms with Crippen LogP contribution in [0.25, 0.3) is 0 Å². The van der Waals surface area contributed by atoms with E-state index in [4.69, 9.17) is 14.2 Å². The maximum atomic E-state index is 13.3. The molecule has 0 saturated carbocycles. The molecule has 3 aromatic carbocycles. The number of nitrogens with zero attached hydrogens (tertiary/aromatic N) is 1. The van der Waals surface area contributed by atoms with Crippen LogP contribution in [0.3, 0.4) is 0 Å². The number of hydrazine groups is 1. The first-order valence-electron chi connectivity index (χ1n) is 10.4. The van der Waals surface area contributed by atoms with Gasteiger partial charge in [0.05, 0.1) is 19.8 Å². The number of anilines is 1. The number of hydrogen-bond donors (Lipinski definition) is 2. The van der Waals surface area contributed by atoms with E-state index in [0.29, 0.717) is 34.1 Å². The second-order valence-corrected chi connectivity index (χ2v) is 7.52. The first-order valence-corrected chi connectivity index (χ1v) is 10.4. The maximum absolute atomic E-state index is 13.3. The number of aryl methyl sites for hydroxylation is 1. The third kappa shape index (κ3) is 4.69. The highest BCUT2D eigenvalue weighted by atomic mass is 16.5. The van der Waals surface area contributed by atoms with Gasteiger partial charge >= 0.3 is 0 Å². The van der Waals surface area contributed by atoms with E-state index in [-0.39, 0.29) is 12.5 Å². The maximum Gasteiger partial charge on any atom is 0.276 e. The van der Waals surface area contributed by atoms with Crippen LogP contribution in [0.1, 0.15) is 27.7 Å². The molecule has 1 unspecified atom stereocenters. The monoisotopic (exact) mass is 447 g/mol. The van der Waals surface area contributed by atoms with Crippen molar-refractivity contribution in [2.75, 3.05) is 26.1 Å². The Hall–Kier alpha value is -4.20. The number of carbonyl (C=O) groups is 2. The summed E-state index contributed by atoms with van der Waals surface area (Å²) in [7, 11) is 3.09. The number of amides is 2. The summed E-state index contributed by atoms with van der Waals surface area (Å²) < 4.78 is 16.3. The molecule has 1 aliphatic heterocycles. The van der Waals surface area contributed by atoms with Crippen LogP contribution in [0.5, 0.6) is 17.2 Å². The molecule has 2 N–H and O–H groups in total. The Bertz CT molecular complexity index is 1180. The van der Waals surface area contributed by atoms with Crippen molar-refractivity contribution in [3.63, 3.8) is 0 Å². The minimum Gasteiger partial charge on any atom is -0.493 e. The molecule has 0 radical (unpaired) electrons. The molecule has 0 fully saturated rings. The van der Waals surface area contributed by atoms with Crippen LogP contribution in [0, 0.1) is 6.92 Å². The Morgan fingerprint density at radius 3 is 2.55 bits per heavy atom. The van der Waals surface area contributed by atoms with Crippen molar-refractivity contribution in [2.45, 2.75) is 13.1 Å². The van der Waals surface area contributed by atoms with Crippen LogP contribution >= 0.6 is 0 Å². The number of hydrogen-bond acceptors (Lipinski definition) is 6. The minimum atomic E-state index is -0.671.